The molecular weight excluding hydrogens is 695 g/mol. The van der Waals surface area contributed by atoms with Crippen molar-refractivity contribution in [1.82, 2.24) is 0 Å². The van der Waals surface area contributed by atoms with E-state index >= 15 is 0 Å². The van der Waals surface area contributed by atoms with Crippen molar-refractivity contribution in [2.24, 2.45) is 0 Å². The molecule has 312 valence electrons. The predicted octanol–water partition coefficient (Wildman–Crippen LogP) is 11.0. The summed E-state index contributed by atoms with van der Waals surface area (Å²) < 4.78 is 32.5. The summed E-state index contributed by atoms with van der Waals surface area (Å²) in [6.45, 7) is 2.18. The second kappa shape index (κ2) is 38.7. The van der Waals surface area contributed by atoms with Crippen molar-refractivity contribution in [2.75, 3.05) is 26.4 Å². The van der Waals surface area contributed by atoms with Gasteiger partial charge in [-0.2, -0.15) is 0 Å². The summed E-state index contributed by atoms with van der Waals surface area (Å²) in [5, 5.41) is 19.1. The van der Waals surface area contributed by atoms with Crippen molar-refractivity contribution in [3.05, 3.63) is 24.3 Å². The zero-order valence-electron chi connectivity index (χ0n) is 33.7. The van der Waals surface area contributed by atoms with Gasteiger partial charge < -0.3 is 24.6 Å². The fraction of sp³-hybridized carbons (Fsp3) is 0.857. The quantitative estimate of drug-likeness (QED) is 0.0238. The lowest BCUT2D eigenvalue weighted by atomic mass is 10.0. The van der Waals surface area contributed by atoms with Gasteiger partial charge in [-0.15, -0.1) is 0 Å². The Kier molecular flexibility index (Phi) is 37.6. The molecule has 0 bridgehead atoms. The van der Waals surface area contributed by atoms with E-state index in [-0.39, 0.29) is 12.8 Å². The highest BCUT2D eigenvalue weighted by Crippen LogP contribution is 2.43. The summed E-state index contributed by atoms with van der Waals surface area (Å²) in [5.74, 6) is -1.02. The molecule has 0 radical (unpaired) electrons. The average molecular weight is 775 g/mol. The molecule has 3 atom stereocenters. The summed E-state index contributed by atoms with van der Waals surface area (Å²) in [6, 6.07) is 0. The second-order valence-electron chi connectivity index (χ2n) is 14.3. The number of carbonyl (C=O) groups excluding carboxylic acids is 2. The number of allylic oxidation sites excluding steroid dienone is 4. The van der Waals surface area contributed by atoms with Gasteiger partial charge in [0.15, 0.2) is 0 Å². The highest BCUT2D eigenvalue weighted by atomic mass is 31.2. The minimum Gasteiger partial charge on any atom is -0.457 e. The third-order valence-corrected chi connectivity index (χ3v) is 10.1. The minimum absolute atomic E-state index is 0.185. The van der Waals surface area contributed by atoms with Crippen LogP contribution < -0.4 is 0 Å². The molecule has 11 heteroatoms. The lowest BCUT2D eigenvalue weighted by Gasteiger charge is -2.20. The summed E-state index contributed by atoms with van der Waals surface area (Å²) in [7, 11) is -4.63. The predicted molar refractivity (Wildman–Crippen MR) is 215 cm³/mol. The molecule has 53 heavy (non-hydrogen) atoms. The minimum atomic E-state index is -4.63. The van der Waals surface area contributed by atoms with Crippen molar-refractivity contribution < 1.29 is 47.8 Å². The van der Waals surface area contributed by atoms with Crippen LogP contribution in [0.2, 0.25) is 0 Å². The Morgan fingerprint density at radius 3 is 1.21 bits per heavy atom. The van der Waals surface area contributed by atoms with Crippen LogP contribution in [0.4, 0.5) is 0 Å². The van der Waals surface area contributed by atoms with E-state index in [9.17, 15) is 29.3 Å². The monoisotopic (exact) mass is 775 g/mol. The molecule has 0 rings (SSSR count). The van der Waals surface area contributed by atoms with Crippen molar-refractivity contribution >= 4 is 19.8 Å². The maximum Gasteiger partial charge on any atom is 0.472 e. The van der Waals surface area contributed by atoms with Crippen LogP contribution in [0.25, 0.3) is 0 Å². The van der Waals surface area contributed by atoms with Crippen LogP contribution in [-0.2, 0) is 32.7 Å². The van der Waals surface area contributed by atoms with E-state index < -0.39 is 58.4 Å². The molecule has 0 heterocycles. The largest absolute Gasteiger partial charge is 0.472 e. The fourth-order valence-corrected chi connectivity index (χ4v) is 6.63. The standard InChI is InChI=1S/C42H79O10P/c1-3-5-7-9-11-13-15-17-18-19-20-22-24-26-28-30-32-34-42(46)52-40(36-44)38-50-53(47,48)49-37-39(35-43)51-41(45)33-31-29-27-25-23-21-16-14-12-10-8-6-4-2/h11,13,17-18,39-40,43-44H,3-10,12,14-16,19-38H2,1-2H3,(H,47,48)/b13-11-,18-17-. The lowest BCUT2D eigenvalue weighted by molar-refractivity contribution is -0.153. The van der Waals surface area contributed by atoms with E-state index in [4.69, 9.17) is 18.5 Å². The van der Waals surface area contributed by atoms with Gasteiger partial charge in [-0.05, 0) is 44.9 Å². The maximum atomic E-state index is 12.3. The second-order valence-corrected chi connectivity index (χ2v) is 15.8. The van der Waals surface area contributed by atoms with E-state index in [1.165, 1.54) is 103 Å². The van der Waals surface area contributed by atoms with Gasteiger partial charge in [-0.3, -0.25) is 18.6 Å². The zero-order chi connectivity index (χ0) is 39.1. The van der Waals surface area contributed by atoms with Crippen molar-refractivity contribution in [2.45, 2.75) is 206 Å². The molecule has 10 nitrogen and oxygen atoms in total. The molecule has 0 aromatic carbocycles. The van der Waals surface area contributed by atoms with E-state index in [2.05, 4.69) is 38.2 Å². The Hall–Kier alpha value is -1.55. The van der Waals surface area contributed by atoms with Gasteiger partial charge >= 0.3 is 19.8 Å². The maximum absolute atomic E-state index is 12.3. The molecular formula is C42H79O10P. The number of rotatable bonds is 40. The Morgan fingerprint density at radius 2 is 0.830 bits per heavy atom. The summed E-state index contributed by atoms with van der Waals surface area (Å²) in [5.41, 5.74) is 0. The number of esters is 2. The molecule has 0 aliphatic rings. The Bertz CT molecular complexity index is 941. The van der Waals surface area contributed by atoms with Crippen molar-refractivity contribution in [3.63, 3.8) is 0 Å². The van der Waals surface area contributed by atoms with Crippen molar-refractivity contribution in [1.29, 1.82) is 0 Å². The van der Waals surface area contributed by atoms with Crippen LogP contribution in [0.15, 0.2) is 24.3 Å². The third-order valence-electron chi connectivity index (χ3n) is 9.17. The van der Waals surface area contributed by atoms with Crippen LogP contribution in [0.5, 0.6) is 0 Å². The number of phosphoric acid groups is 1. The van der Waals surface area contributed by atoms with Crippen LogP contribution in [0.1, 0.15) is 194 Å². The van der Waals surface area contributed by atoms with Crippen LogP contribution in [-0.4, -0.2) is 65.7 Å². The molecule has 0 fully saturated rings. The van der Waals surface area contributed by atoms with Crippen LogP contribution in [0.3, 0.4) is 0 Å². The van der Waals surface area contributed by atoms with E-state index in [0.717, 1.165) is 51.4 Å². The fourth-order valence-electron chi connectivity index (χ4n) is 5.85. The normalized spacial score (nSPS) is 14.1. The first-order chi connectivity index (χ1) is 25.8. The zero-order valence-corrected chi connectivity index (χ0v) is 34.6. The molecule has 0 saturated heterocycles. The molecule has 0 aromatic rings. The summed E-state index contributed by atoms with van der Waals surface area (Å²) >= 11 is 0. The number of unbranched alkanes of at least 4 members (excludes halogenated alkanes) is 22. The summed E-state index contributed by atoms with van der Waals surface area (Å²) in [6.07, 6.45) is 37.2. The number of hydrogen-bond acceptors (Lipinski definition) is 9. The molecule has 0 spiro atoms. The third kappa shape index (κ3) is 37.2. The topological polar surface area (TPSA) is 149 Å². The van der Waals surface area contributed by atoms with Gasteiger partial charge in [0.25, 0.3) is 0 Å². The number of ether oxygens (including phenoxy) is 2. The summed E-state index contributed by atoms with van der Waals surface area (Å²) in [4.78, 5) is 34.5. The van der Waals surface area contributed by atoms with E-state index in [0.29, 0.717) is 12.8 Å². The smallest absolute Gasteiger partial charge is 0.457 e. The van der Waals surface area contributed by atoms with Gasteiger partial charge in [-0.1, -0.05) is 160 Å². The molecule has 0 amide bonds. The van der Waals surface area contributed by atoms with Crippen molar-refractivity contribution in [3.8, 4) is 0 Å². The number of phosphoric ester groups is 1. The molecule has 0 saturated carbocycles. The molecule has 3 unspecified atom stereocenters. The molecule has 0 aliphatic carbocycles. The number of carbonyl (C=O) groups is 2. The highest BCUT2D eigenvalue weighted by molar-refractivity contribution is 7.47. The van der Waals surface area contributed by atoms with Gasteiger partial charge in [0.05, 0.1) is 26.4 Å². The Balaban J connectivity index is 3.93. The van der Waals surface area contributed by atoms with E-state index in [1.54, 1.807) is 0 Å². The van der Waals surface area contributed by atoms with Gasteiger partial charge in [-0.25, -0.2) is 4.57 Å². The SMILES string of the molecule is CCCCC/C=C\C/C=C\CCCCCCCCCC(=O)OC(CO)COP(=O)(O)OCC(CO)OC(=O)CCCCCCCCCCCCCCC. The molecule has 3 N–H and O–H groups in total. The average Bonchev–Trinajstić information content (AvgIpc) is 3.14. The first-order valence-corrected chi connectivity index (χ1v) is 22.8. The van der Waals surface area contributed by atoms with E-state index in [1.807, 2.05) is 0 Å². The van der Waals surface area contributed by atoms with Gasteiger partial charge in [0.1, 0.15) is 12.2 Å². The van der Waals surface area contributed by atoms with Crippen LogP contribution in [0, 0.1) is 0 Å². The van der Waals surface area contributed by atoms with Gasteiger partial charge in [0, 0.05) is 12.8 Å². The molecule has 0 aromatic heterocycles. The van der Waals surface area contributed by atoms with Crippen LogP contribution >= 0.6 is 7.82 Å². The highest BCUT2D eigenvalue weighted by Gasteiger charge is 2.27. The number of aliphatic hydroxyl groups excluding tert-OH is 2. The Labute approximate surface area is 323 Å². The molecule has 0 aliphatic heterocycles. The van der Waals surface area contributed by atoms with Gasteiger partial charge in [0.2, 0.25) is 0 Å². The number of hydrogen-bond donors (Lipinski definition) is 3. The first kappa shape index (κ1) is 51.5. The Morgan fingerprint density at radius 1 is 0.509 bits per heavy atom. The first-order valence-electron chi connectivity index (χ1n) is 21.3. The number of aliphatic hydroxyl groups is 2. The lowest BCUT2D eigenvalue weighted by Crippen LogP contribution is -2.28.